The van der Waals surface area contributed by atoms with Gasteiger partial charge in [-0.3, -0.25) is 0 Å². The van der Waals surface area contributed by atoms with Crippen LogP contribution in [0.3, 0.4) is 0 Å². The van der Waals surface area contributed by atoms with Crippen LogP contribution in [0.15, 0.2) is 12.4 Å². The van der Waals surface area contributed by atoms with Gasteiger partial charge >= 0.3 is 0 Å². The minimum atomic E-state index is 0.578. The molecule has 1 aliphatic rings. The van der Waals surface area contributed by atoms with Crippen molar-refractivity contribution < 1.29 is 4.74 Å². The number of methoxy groups -OCH3 is 1. The predicted molar refractivity (Wildman–Crippen MR) is 83.7 cm³/mol. The van der Waals surface area contributed by atoms with Crippen LogP contribution in [0, 0.1) is 0 Å². The molecule has 0 amide bonds. The lowest BCUT2D eigenvalue weighted by atomic mass is 10.2. The molecule has 2 heterocycles. The average molecular weight is 304 g/mol. The van der Waals surface area contributed by atoms with Crippen molar-refractivity contribution in [1.29, 1.82) is 0 Å². The molecule has 2 aromatic rings. The molecule has 0 aromatic carbocycles. The summed E-state index contributed by atoms with van der Waals surface area (Å²) >= 11 is 1.73. The van der Waals surface area contributed by atoms with Crippen molar-refractivity contribution in [2.45, 2.75) is 38.6 Å². The number of thiazole rings is 1. The van der Waals surface area contributed by atoms with Crippen LogP contribution >= 0.6 is 11.3 Å². The molecule has 0 aliphatic heterocycles. The summed E-state index contributed by atoms with van der Waals surface area (Å²) in [6, 6.07) is 1.85. The molecular weight excluding hydrogens is 284 g/mol. The van der Waals surface area contributed by atoms with E-state index in [1.165, 1.54) is 29.7 Å². The Balaban J connectivity index is 1.86. The summed E-state index contributed by atoms with van der Waals surface area (Å²) in [7, 11) is 1.61. The van der Waals surface area contributed by atoms with E-state index in [4.69, 9.17) is 9.72 Å². The van der Waals surface area contributed by atoms with Gasteiger partial charge in [-0.05, 0) is 25.8 Å². The first kappa shape index (κ1) is 14.4. The summed E-state index contributed by atoms with van der Waals surface area (Å²) < 4.78 is 5.17. The second-order valence-corrected chi connectivity index (χ2v) is 6.31. The maximum absolute atomic E-state index is 5.17. The molecule has 112 valence electrons. The third-order valence-electron chi connectivity index (χ3n) is 3.47. The first-order chi connectivity index (χ1) is 10.3. The van der Waals surface area contributed by atoms with Gasteiger partial charge < -0.3 is 10.1 Å². The van der Waals surface area contributed by atoms with E-state index in [-0.39, 0.29) is 0 Å². The zero-order valence-electron chi connectivity index (χ0n) is 12.4. The average Bonchev–Trinajstić information content (AvgIpc) is 3.28. The van der Waals surface area contributed by atoms with Crippen LogP contribution in [0.25, 0.3) is 10.7 Å². The summed E-state index contributed by atoms with van der Waals surface area (Å²) in [5.74, 6) is 1.23. The van der Waals surface area contributed by atoms with E-state index >= 15 is 0 Å². The van der Waals surface area contributed by atoms with Gasteiger partial charge in [0, 0.05) is 23.4 Å². The van der Waals surface area contributed by atoms with Crippen LogP contribution in [0.2, 0.25) is 0 Å². The van der Waals surface area contributed by atoms with Gasteiger partial charge in [-0.25, -0.2) is 15.0 Å². The number of hydrogen-bond donors (Lipinski definition) is 1. The van der Waals surface area contributed by atoms with Crippen LogP contribution < -0.4 is 10.1 Å². The van der Waals surface area contributed by atoms with E-state index in [0.29, 0.717) is 11.8 Å². The first-order valence-electron chi connectivity index (χ1n) is 7.38. The van der Waals surface area contributed by atoms with Gasteiger partial charge in [0.25, 0.3) is 0 Å². The number of aromatic nitrogens is 3. The zero-order chi connectivity index (χ0) is 14.7. The number of nitrogens with zero attached hydrogens (tertiary/aromatic N) is 3. The fraction of sp³-hybridized carbons (Fsp3) is 0.533. The Morgan fingerprint density at radius 2 is 2.24 bits per heavy atom. The molecular formula is C15H20N4OS. The van der Waals surface area contributed by atoms with E-state index in [2.05, 4.69) is 22.2 Å². The van der Waals surface area contributed by atoms with Crippen molar-refractivity contribution in [3.05, 3.63) is 23.0 Å². The Labute approximate surface area is 128 Å². The largest absolute Gasteiger partial charge is 0.481 e. The van der Waals surface area contributed by atoms with Gasteiger partial charge in [0.1, 0.15) is 17.0 Å². The minimum Gasteiger partial charge on any atom is -0.481 e. The molecule has 1 aliphatic carbocycles. The standard InChI is InChI=1S/C15H20N4OS/c1-3-6-16-8-12-14(10-4-5-10)19-15(21-12)11-7-13(20-2)18-9-17-11/h7,9-10,16H,3-6,8H2,1-2H3. The second kappa shape index (κ2) is 6.49. The van der Waals surface area contributed by atoms with Crippen molar-refractivity contribution in [2.24, 2.45) is 0 Å². The lowest BCUT2D eigenvalue weighted by molar-refractivity contribution is 0.397. The SMILES string of the molecule is CCCNCc1sc(-c2cc(OC)ncn2)nc1C1CC1. The molecule has 0 unspecified atom stereocenters. The summed E-state index contributed by atoms with van der Waals surface area (Å²) in [4.78, 5) is 14.6. The summed E-state index contributed by atoms with van der Waals surface area (Å²) in [6.45, 7) is 4.12. The maximum atomic E-state index is 5.17. The Bertz CT molecular complexity index is 609. The van der Waals surface area contributed by atoms with E-state index in [0.717, 1.165) is 30.2 Å². The van der Waals surface area contributed by atoms with Crippen molar-refractivity contribution in [3.8, 4) is 16.6 Å². The minimum absolute atomic E-state index is 0.578. The van der Waals surface area contributed by atoms with E-state index < -0.39 is 0 Å². The molecule has 1 fully saturated rings. The van der Waals surface area contributed by atoms with Gasteiger partial charge in [0.2, 0.25) is 5.88 Å². The highest BCUT2D eigenvalue weighted by molar-refractivity contribution is 7.15. The number of nitrogens with one attached hydrogen (secondary N) is 1. The van der Waals surface area contributed by atoms with Crippen molar-refractivity contribution >= 4 is 11.3 Å². The van der Waals surface area contributed by atoms with Gasteiger partial charge in [-0.2, -0.15) is 0 Å². The quantitative estimate of drug-likeness (QED) is 0.797. The van der Waals surface area contributed by atoms with E-state index in [1.807, 2.05) is 6.07 Å². The molecule has 0 atom stereocenters. The van der Waals surface area contributed by atoms with Gasteiger partial charge in [0.15, 0.2) is 0 Å². The lowest BCUT2D eigenvalue weighted by Gasteiger charge is -2.01. The zero-order valence-corrected chi connectivity index (χ0v) is 13.2. The Morgan fingerprint density at radius 1 is 1.38 bits per heavy atom. The smallest absolute Gasteiger partial charge is 0.216 e. The van der Waals surface area contributed by atoms with Crippen LogP contribution in [-0.2, 0) is 6.54 Å². The van der Waals surface area contributed by atoms with Crippen LogP contribution in [0.1, 0.15) is 42.7 Å². The lowest BCUT2D eigenvalue weighted by Crippen LogP contribution is -2.13. The number of rotatable bonds is 7. The van der Waals surface area contributed by atoms with Crippen LogP contribution in [0.5, 0.6) is 5.88 Å². The normalized spacial score (nSPS) is 14.4. The second-order valence-electron chi connectivity index (χ2n) is 5.22. The Hall–Kier alpha value is -1.53. The molecule has 1 saturated carbocycles. The van der Waals surface area contributed by atoms with Crippen LogP contribution in [-0.4, -0.2) is 28.6 Å². The summed E-state index contributed by atoms with van der Waals surface area (Å²) in [5, 5.41) is 4.44. The fourth-order valence-electron chi connectivity index (χ4n) is 2.22. The van der Waals surface area contributed by atoms with Gasteiger partial charge in [-0.15, -0.1) is 11.3 Å². The van der Waals surface area contributed by atoms with Gasteiger partial charge in [-0.1, -0.05) is 6.92 Å². The maximum Gasteiger partial charge on any atom is 0.216 e. The summed E-state index contributed by atoms with van der Waals surface area (Å²) in [5.41, 5.74) is 2.10. The third-order valence-corrected chi connectivity index (χ3v) is 4.57. The molecule has 0 radical (unpaired) electrons. The molecule has 3 rings (SSSR count). The molecule has 6 heteroatoms. The molecule has 0 bridgehead atoms. The monoisotopic (exact) mass is 304 g/mol. The van der Waals surface area contributed by atoms with Crippen molar-refractivity contribution in [3.63, 3.8) is 0 Å². The van der Waals surface area contributed by atoms with Gasteiger partial charge in [0.05, 0.1) is 12.8 Å². The molecule has 0 spiro atoms. The van der Waals surface area contributed by atoms with Crippen molar-refractivity contribution in [2.75, 3.05) is 13.7 Å². The highest BCUT2D eigenvalue weighted by atomic mass is 32.1. The van der Waals surface area contributed by atoms with Crippen molar-refractivity contribution in [1.82, 2.24) is 20.3 Å². The first-order valence-corrected chi connectivity index (χ1v) is 8.20. The van der Waals surface area contributed by atoms with E-state index in [9.17, 15) is 0 Å². The molecule has 0 saturated heterocycles. The Morgan fingerprint density at radius 3 is 2.95 bits per heavy atom. The number of ether oxygens (including phenoxy) is 1. The van der Waals surface area contributed by atoms with Crippen LogP contribution in [0.4, 0.5) is 0 Å². The van der Waals surface area contributed by atoms with E-state index in [1.54, 1.807) is 18.4 Å². The number of hydrogen-bond acceptors (Lipinski definition) is 6. The topological polar surface area (TPSA) is 59.9 Å². The Kier molecular flexibility index (Phi) is 4.45. The third kappa shape index (κ3) is 3.39. The predicted octanol–water partition coefficient (Wildman–Crippen LogP) is 2.99. The molecule has 5 nitrogen and oxygen atoms in total. The highest BCUT2D eigenvalue weighted by Crippen LogP contribution is 2.44. The summed E-state index contributed by atoms with van der Waals surface area (Å²) in [6.07, 6.45) is 5.20. The molecule has 2 aromatic heterocycles. The highest BCUT2D eigenvalue weighted by Gasteiger charge is 2.29. The fourth-order valence-corrected chi connectivity index (χ4v) is 3.31. The molecule has 21 heavy (non-hydrogen) atoms. The molecule has 1 N–H and O–H groups in total.